The number of carbonyl (C=O) groups excluding carboxylic acids is 3. The molecule has 1 saturated heterocycles. The lowest BCUT2D eigenvalue weighted by molar-refractivity contribution is -0.122. The van der Waals surface area contributed by atoms with E-state index in [2.05, 4.69) is 5.32 Å². The molecule has 0 unspecified atom stereocenters. The van der Waals surface area contributed by atoms with Crippen LogP contribution in [0.5, 0.6) is 0 Å². The van der Waals surface area contributed by atoms with E-state index in [1.165, 1.54) is 42.5 Å². The molecule has 0 spiro atoms. The molecular weight excluding hydrogens is 466 g/mol. The zero-order chi connectivity index (χ0) is 22.1. The summed E-state index contributed by atoms with van der Waals surface area (Å²) in [6.07, 6.45) is 1.33. The van der Waals surface area contributed by atoms with Gasteiger partial charge in [-0.05, 0) is 42.1 Å². The first-order chi connectivity index (χ1) is 14.8. The van der Waals surface area contributed by atoms with Gasteiger partial charge in [-0.25, -0.2) is 8.78 Å². The van der Waals surface area contributed by atoms with Crippen molar-refractivity contribution in [3.8, 4) is 0 Å². The van der Waals surface area contributed by atoms with Gasteiger partial charge in [-0.1, -0.05) is 29.8 Å². The zero-order valence-corrected chi connectivity index (χ0v) is 18.0. The van der Waals surface area contributed by atoms with Crippen LogP contribution in [0.1, 0.15) is 15.2 Å². The minimum Gasteiger partial charge on any atom is -0.349 e. The molecule has 31 heavy (non-hydrogen) atoms. The summed E-state index contributed by atoms with van der Waals surface area (Å²) < 4.78 is 27.7. The quantitative estimate of drug-likeness (QED) is 0.505. The van der Waals surface area contributed by atoms with Crippen molar-refractivity contribution in [1.29, 1.82) is 0 Å². The molecule has 0 saturated carbocycles. The van der Waals surface area contributed by atoms with E-state index < -0.39 is 28.7 Å². The van der Waals surface area contributed by atoms with Crippen LogP contribution in [0, 0.1) is 11.6 Å². The molecule has 0 radical (unpaired) electrons. The standard InChI is InChI=1S/C21H13ClF2N2O3S2/c22-17-13-6-5-12(23)10-15(13)30-18(17)19(27)25-7-8-26-20(28)16(31-21(26)29)9-11-3-1-2-4-14(11)24/h1-6,9-10H,7-8H2,(H,25,27)/b16-9+. The van der Waals surface area contributed by atoms with E-state index in [1.807, 2.05) is 0 Å². The predicted octanol–water partition coefficient (Wildman–Crippen LogP) is 5.30. The highest BCUT2D eigenvalue weighted by atomic mass is 35.5. The van der Waals surface area contributed by atoms with Crippen molar-refractivity contribution in [3.05, 3.63) is 74.5 Å². The Morgan fingerprint density at radius 3 is 2.71 bits per heavy atom. The first kappa shape index (κ1) is 21.5. The summed E-state index contributed by atoms with van der Waals surface area (Å²) in [5.74, 6) is -1.97. The second-order valence-corrected chi connectivity index (χ2v) is 8.92. The largest absolute Gasteiger partial charge is 0.349 e. The highest BCUT2D eigenvalue weighted by Crippen LogP contribution is 2.36. The van der Waals surface area contributed by atoms with Gasteiger partial charge in [0.05, 0.1) is 9.93 Å². The van der Waals surface area contributed by atoms with Crippen LogP contribution < -0.4 is 5.32 Å². The minimum absolute atomic E-state index is 0.00276. The van der Waals surface area contributed by atoms with Crippen molar-refractivity contribution in [2.75, 3.05) is 13.1 Å². The van der Waals surface area contributed by atoms with Crippen LogP contribution in [0.4, 0.5) is 13.6 Å². The Morgan fingerprint density at radius 2 is 1.94 bits per heavy atom. The Kier molecular flexibility index (Phi) is 6.08. The lowest BCUT2D eigenvalue weighted by Gasteiger charge is -2.12. The smallest absolute Gasteiger partial charge is 0.293 e. The lowest BCUT2D eigenvalue weighted by Crippen LogP contribution is -2.37. The molecule has 3 aromatic rings. The van der Waals surface area contributed by atoms with Gasteiger partial charge in [0, 0.05) is 28.7 Å². The highest BCUT2D eigenvalue weighted by Gasteiger charge is 2.35. The molecular formula is C21H13ClF2N2O3S2. The van der Waals surface area contributed by atoms with Gasteiger partial charge in [0.2, 0.25) is 0 Å². The maximum atomic E-state index is 13.8. The van der Waals surface area contributed by atoms with Crippen LogP contribution in [-0.2, 0) is 4.79 Å². The van der Waals surface area contributed by atoms with E-state index in [0.717, 1.165) is 16.2 Å². The molecule has 2 heterocycles. The third-order valence-corrected chi connectivity index (χ3v) is 7.05. The minimum atomic E-state index is -0.553. The number of imide groups is 1. The molecule has 1 aliphatic heterocycles. The first-order valence-corrected chi connectivity index (χ1v) is 11.0. The molecule has 10 heteroatoms. The summed E-state index contributed by atoms with van der Waals surface area (Å²) in [7, 11) is 0. The van der Waals surface area contributed by atoms with Crippen LogP contribution in [0.15, 0.2) is 47.4 Å². The van der Waals surface area contributed by atoms with Gasteiger partial charge in [0.15, 0.2) is 0 Å². The number of carbonyl (C=O) groups is 3. The van der Waals surface area contributed by atoms with E-state index in [4.69, 9.17) is 11.6 Å². The van der Waals surface area contributed by atoms with Crippen molar-refractivity contribution in [2.24, 2.45) is 0 Å². The summed E-state index contributed by atoms with van der Waals surface area (Å²) >= 11 is 8.00. The van der Waals surface area contributed by atoms with Crippen LogP contribution >= 0.6 is 34.7 Å². The normalized spacial score (nSPS) is 15.3. The van der Waals surface area contributed by atoms with Gasteiger partial charge in [0.25, 0.3) is 17.1 Å². The number of thiophene rings is 1. The average Bonchev–Trinajstić information content (AvgIpc) is 3.20. The number of nitrogens with zero attached hydrogens (tertiary/aromatic N) is 1. The van der Waals surface area contributed by atoms with E-state index >= 15 is 0 Å². The van der Waals surface area contributed by atoms with E-state index in [-0.39, 0.29) is 33.5 Å². The number of thioether (sulfide) groups is 1. The fourth-order valence-corrected chi connectivity index (χ4v) is 5.29. The molecule has 3 amide bonds. The fourth-order valence-electron chi connectivity index (χ4n) is 2.97. The second kappa shape index (κ2) is 8.78. The van der Waals surface area contributed by atoms with E-state index in [0.29, 0.717) is 21.8 Å². The molecule has 158 valence electrons. The summed E-state index contributed by atoms with van der Waals surface area (Å²) in [6.45, 7) is -0.0506. The van der Waals surface area contributed by atoms with E-state index in [1.54, 1.807) is 6.07 Å². The molecule has 0 atom stereocenters. The second-order valence-electron chi connectivity index (χ2n) is 6.50. The fraction of sp³-hybridized carbons (Fsp3) is 0.0952. The highest BCUT2D eigenvalue weighted by molar-refractivity contribution is 8.18. The maximum absolute atomic E-state index is 13.8. The average molecular weight is 479 g/mol. The van der Waals surface area contributed by atoms with Crippen molar-refractivity contribution in [3.63, 3.8) is 0 Å². The molecule has 4 rings (SSSR count). The number of hydrogen-bond donors (Lipinski definition) is 1. The SMILES string of the molecule is O=C(NCCN1C(=O)S/C(=C/c2ccccc2F)C1=O)c1sc2cc(F)ccc2c1Cl. The Labute approximate surface area is 188 Å². The predicted molar refractivity (Wildman–Crippen MR) is 118 cm³/mol. The molecule has 5 nitrogen and oxygen atoms in total. The number of nitrogens with one attached hydrogen (secondary N) is 1. The molecule has 0 bridgehead atoms. The number of halogens is 3. The van der Waals surface area contributed by atoms with Crippen LogP contribution in [0.2, 0.25) is 5.02 Å². The van der Waals surface area contributed by atoms with Gasteiger partial charge in [-0.15, -0.1) is 11.3 Å². The number of hydrogen-bond acceptors (Lipinski definition) is 5. The van der Waals surface area contributed by atoms with Gasteiger partial charge >= 0.3 is 0 Å². The summed E-state index contributed by atoms with van der Waals surface area (Å²) in [5.41, 5.74) is 0.206. The monoisotopic (exact) mass is 478 g/mol. The molecule has 1 N–H and O–H groups in total. The number of fused-ring (bicyclic) bond motifs is 1. The van der Waals surface area contributed by atoms with Gasteiger partial charge < -0.3 is 5.32 Å². The molecule has 1 fully saturated rings. The number of amides is 3. The van der Waals surface area contributed by atoms with Gasteiger partial charge in [0.1, 0.15) is 16.5 Å². The maximum Gasteiger partial charge on any atom is 0.293 e. The third-order valence-electron chi connectivity index (χ3n) is 4.48. The van der Waals surface area contributed by atoms with Gasteiger partial charge in [-0.2, -0.15) is 0 Å². The Morgan fingerprint density at radius 1 is 1.16 bits per heavy atom. The summed E-state index contributed by atoms with van der Waals surface area (Å²) in [5, 5.41) is 2.90. The molecule has 1 aliphatic rings. The number of rotatable bonds is 5. The van der Waals surface area contributed by atoms with E-state index in [9.17, 15) is 23.2 Å². The topological polar surface area (TPSA) is 66.5 Å². The first-order valence-electron chi connectivity index (χ1n) is 9.01. The van der Waals surface area contributed by atoms with Crippen molar-refractivity contribution >= 4 is 67.9 Å². The van der Waals surface area contributed by atoms with Gasteiger partial charge in [-0.3, -0.25) is 19.3 Å². The molecule has 0 aliphatic carbocycles. The van der Waals surface area contributed by atoms with Crippen molar-refractivity contribution in [2.45, 2.75) is 0 Å². The molecule has 1 aromatic heterocycles. The lowest BCUT2D eigenvalue weighted by atomic mass is 10.2. The van der Waals surface area contributed by atoms with Crippen LogP contribution in [0.3, 0.4) is 0 Å². The van der Waals surface area contributed by atoms with Crippen molar-refractivity contribution < 1.29 is 23.2 Å². The number of benzene rings is 2. The zero-order valence-electron chi connectivity index (χ0n) is 15.7. The summed E-state index contributed by atoms with van der Waals surface area (Å²) in [4.78, 5) is 38.5. The van der Waals surface area contributed by atoms with Crippen LogP contribution in [-0.4, -0.2) is 35.0 Å². The van der Waals surface area contributed by atoms with Crippen molar-refractivity contribution in [1.82, 2.24) is 10.2 Å². The Hall–Kier alpha value is -2.75. The Balaban J connectivity index is 1.41. The third kappa shape index (κ3) is 4.34. The van der Waals surface area contributed by atoms with Crippen LogP contribution in [0.25, 0.3) is 16.2 Å². The summed E-state index contributed by atoms with van der Waals surface area (Å²) in [6, 6.07) is 9.98. The Bertz CT molecular complexity index is 1260. The molecule has 2 aromatic carbocycles.